The monoisotopic (exact) mass is 345 g/mol. The van der Waals surface area contributed by atoms with Gasteiger partial charge in [-0.2, -0.15) is 0 Å². The highest BCUT2D eigenvalue weighted by molar-refractivity contribution is 5.90. The number of unbranched alkanes of at least 4 members (excludes halogenated alkanes) is 1. The minimum absolute atomic E-state index is 0.113. The Labute approximate surface area is 151 Å². The summed E-state index contributed by atoms with van der Waals surface area (Å²) in [6.07, 6.45) is 5.84. The van der Waals surface area contributed by atoms with Crippen molar-refractivity contribution in [2.75, 3.05) is 18.5 Å². The lowest BCUT2D eigenvalue weighted by Gasteiger charge is -2.19. The van der Waals surface area contributed by atoms with Crippen LogP contribution in [0.3, 0.4) is 0 Å². The summed E-state index contributed by atoms with van der Waals surface area (Å²) >= 11 is 0. The standard InChI is InChI=1S/C20H31N3O2/c1-4-5-10-25-18-8-9-19(14(2)11-18)22-20(24)21-16-12-15(3)23(13-16)17-6-7-17/h8-9,11,15-17H,4-7,10,12-13H2,1-3H3,(H2,21,22,24)/t15-,16-/m1/s1. The van der Waals surface area contributed by atoms with Gasteiger partial charge < -0.3 is 15.4 Å². The smallest absolute Gasteiger partial charge is 0.319 e. The van der Waals surface area contributed by atoms with E-state index in [9.17, 15) is 4.79 Å². The summed E-state index contributed by atoms with van der Waals surface area (Å²) in [5.74, 6) is 0.863. The van der Waals surface area contributed by atoms with E-state index >= 15 is 0 Å². The van der Waals surface area contributed by atoms with E-state index in [0.29, 0.717) is 6.04 Å². The zero-order chi connectivity index (χ0) is 17.8. The lowest BCUT2D eigenvalue weighted by Crippen LogP contribution is -2.40. The van der Waals surface area contributed by atoms with Crippen LogP contribution in [-0.4, -0.2) is 42.2 Å². The lowest BCUT2D eigenvalue weighted by molar-refractivity contribution is 0.243. The fourth-order valence-corrected chi connectivity index (χ4v) is 3.62. The zero-order valence-corrected chi connectivity index (χ0v) is 15.7. The number of aryl methyl sites for hydroxylation is 1. The van der Waals surface area contributed by atoms with E-state index in [1.165, 1.54) is 12.8 Å². The molecule has 2 atom stereocenters. The molecule has 2 aliphatic rings. The van der Waals surface area contributed by atoms with E-state index in [0.717, 1.165) is 55.5 Å². The predicted octanol–water partition coefficient (Wildman–Crippen LogP) is 3.92. The first-order chi connectivity index (χ1) is 12.1. The van der Waals surface area contributed by atoms with E-state index < -0.39 is 0 Å². The van der Waals surface area contributed by atoms with Crippen LogP contribution in [-0.2, 0) is 0 Å². The van der Waals surface area contributed by atoms with Crippen molar-refractivity contribution in [3.05, 3.63) is 23.8 Å². The Morgan fingerprint density at radius 3 is 2.84 bits per heavy atom. The van der Waals surface area contributed by atoms with Gasteiger partial charge in [-0.15, -0.1) is 0 Å². The highest BCUT2D eigenvalue weighted by Crippen LogP contribution is 2.33. The number of hydrogen-bond acceptors (Lipinski definition) is 3. The van der Waals surface area contributed by atoms with Crippen molar-refractivity contribution in [1.29, 1.82) is 0 Å². The van der Waals surface area contributed by atoms with Crippen LogP contribution in [0.5, 0.6) is 5.75 Å². The molecule has 0 bridgehead atoms. The van der Waals surface area contributed by atoms with Gasteiger partial charge in [0.15, 0.2) is 0 Å². The Balaban J connectivity index is 1.49. The molecular weight excluding hydrogens is 314 g/mol. The molecule has 2 N–H and O–H groups in total. The average Bonchev–Trinajstić information content (AvgIpc) is 3.34. The first kappa shape index (κ1) is 18.1. The number of nitrogens with one attached hydrogen (secondary N) is 2. The predicted molar refractivity (Wildman–Crippen MR) is 101 cm³/mol. The van der Waals surface area contributed by atoms with Crippen LogP contribution >= 0.6 is 0 Å². The van der Waals surface area contributed by atoms with Crippen molar-refractivity contribution in [3.8, 4) is 5.75 Å². The van der Waals surface area contributed by atoms with Crippen LogP contribution in [0.15, 0.2) is 18.2 Å². The molecule has 1 aliphatic carbocycles. The number of anilines is 1. The van der Waals surface area contributed by atoms with Crippen LogP contribution < -0.4 is 15.4 Å². The number of rotatable bonds is 7. The first-order valence-corrected chi connectivity index (χ1v) is 9.63. The third-order valence-corrected chi connectivity index (χ3v) is 5.19. The molecule has 1 heterocycles. The molecule has 2 amide bonds. The van der Waals surface area contributed by atoms with Crippen LogP contribution in [0, 0.1) is 6.92 Å². The second kappa shape index (κ2) is 8.09. The summed E-state index contributed by atoms with van der Waals surface area (Å²) < 4.78 is 5.71. The van der Waals surface area contributed by atoms with Crippen molar-refractivity contribution >= 4 is 11.7 Å². The van der Waals surface area contributed by atoms with Gasteiger partial charge in [0.05, 0.1) is 6.61 Å². The summed E-state index contributed by atoms with van der Waals surface area (Å²) in [5, 5.41) is 6.11. The largest absolute Gasteiger partial charge is 0.494 e. The Morgan fingerprint density at radius 1 is 1.36 bits per heavy atom. The molecule has 138 valence electrons. The Morgan fingerprint density at radius 2 is 2.16 bits per heavy atom. The molecule has 25 heavy (non-hydrogen) atoms. The highest BCUT2D eigenvalue weighted by atomic mass is 16.5. The van der Waals surface area contributed by atoms with E-state index in [2.05, 4.69) is 29.4 Å². The Kier molecular flexibility index (Phi) is 5.84. The number of benzene rings is 1. The zero-order valence-electron chi connectivity index (χ0n) is 15.7. The van der Waals surface area contributed by atoms with Gasteiger partial charge >= 0.3 is 6.03 Å². The minimum atomic E-state index is -0.113. The molecule has 0 radical (unpaired) electrons. The number of nitrogens with zero attached hydrogens (tertiary/aromatic N) is 1. The molecule has 1 aliphatic heterocycles. The van der Waals surface area contributed by atoms with E-state index in [-0.39, 0.29) is 12.1 Å². The molecule has 3 rings (SSSR count). The normalized spacial score (nSPS) is 23.5. The summed E-state index contributed by atoms with van der Waals surface area (Å²) in [6, 6.07) is 7.28. The lowest BCUT2D eigenvalue weighted by atomic mass is 10.2. The second-order valence-corrected chi connectivity index (χ2v) is 7.49. The number of carbonyl (C=O) groups is 1. The summed E-state index contributed by atoms with van der Waals surface area (Å²) in [4.78, 5) is 14.9. The van der Waals surface area contributed by atoms with Crippen molar-refractivity contribution in [3.63, 3.8) is 0 Å². The third kappa shape index (κ3) is 4.88. The highest BCUT2D eigenvalue weighted by Gasteiger charge is 2.39. The average molecular weight is 345 g/mol. The maximum atomic E-state index is 12.3. The van der Waals surface area contributed by atoms with Gasteiger partial charge in [-0.3, -0.25) is 4.90 Å². The van der Waals surface area contributed by atoms with Crippen molar-refractivity contribution in [2.45, 2.75) is 71.0 Å². The molecule has 0 spiro atoms. The van der Waals surface area contributed by atoms with Crippen molar-refractivity contribution in [1.82, 2.24) is 10.2 Å². The maximum absolute atomic E-state index is 12.3. The van der Waals surface area contributed by atoms with E-state index in [1.807, 2.05) is 25.1 Å². The summed E-state index contributed by atoms with van der Waals surface area (Å²) in [7, 11) is 0. The van der Waals surface area contributed by atoms with Crippen LogP contribution in [0.4, 0.5) is 10.5 Å². The van der Waals surface area contributed by atoms with Gasteiger partial charge in [0.1, 0.15) is 5.75 Å². The molecule has 0 aromatic heterocycles. The van der Waals surface area contributed by atoms with Gasteiger partial charge in [-0.25, -0.2) is 4.79 Å². The number of carbonyl (C=O) groups excluding carboxylic acids is 1. The number of amides is 2. The molecule has 5 nitrogen and oxygen atoms in total. The van der Waals surface area contributed by atoms with Gasteiger partial charge in [-0.1, -0.05) is 13.3 Å². The molecule has 1 aromatic rings. The van der Waals surface area contributed by atoms with Crippen LogP contribution in [0.2, 0.25) is 0 Å². The Hall–Kier alpha value is -1.75. The number of hydrogen-bond donors (Lipinski definition) is 2. The van der Waals surface area contributed by atoms with Gasteiger partial charge in [0.25, 0.3) is 0 Å². The number of ether oxygens (including phenoxy) is 1. The molecule has 2 fully saturated rings. The Bertz CT molecular complexity index is 601. The number of urea groups is 1. The number of likely N-dealkylation sites (tertiary alicyclic amines) is 1. The SMILES string of the molecule is CCCCOc1ccc(NC(=O)N[C@@H]2C[C@@H](C)N(C3CC3)C2)c(C)c1. The molecule has 0 unspecified atom stereocenters. The topological polar surface area (TPSA) is 53.6 Å². The van der Waals surface area contributed by atoms with E-state index in [4.69, 9.17) is 4.74 Å². The van der Waals surface area contributed by atoms with Gasteiger partial charge in [0, 0.05) is 30.4 Å². The first-order valence-electron chi connectivity index (χ1n) is 9.63. The molecule has 1 saturated heterocycles. The molecule has 5 heteroatoms. The minimum Gasteiger partial charge on any atom is -0.494 e. The van der Waals surface area contributed by atoms with Crippen LogP contribution in [0.1, 0.15) is 51.5 Å². The summed E-state index contributed by atoms with van der Waals surface area (Å²) in [5.41, 5.74) is 1.86. The second-order valence-electron chi connectivity index (χ2n) is 7.49. The summed E-state index contributed by atoms with van der Waals surface area (Å²) in [6.45, 7) is 8.12. The maximum Gasteiger partial charge on any atom is 0.319 e. The van der Waals surface area contributed by atoms with Gasteiger partial charge in [0.2, 0.25) is 0 Å². The van der Waals surface area contributed by atoms with Crippen molar-refractivity contribution in [2.24, 2.45) is 0 Å². The quantitative estimate of drug-likeness (QED) is 0.737. The third-order valence-electron chi connectivity index (χ3n) is 5.19. The van der Waals surface area contributed by atoms with Gasteiger partial charge in [-0.05, 0) is 63.3 Å². The fourth-order valence-electron chi connectivity index (χ4n) is 3.62. The van der Waals surface area contributed by atoms with Crippen LogP contribution in [0.25, 0.3) is 0 Å². The van der Waals surface area contributed by atoms with Crippen molar-refractivity contribution < 1.29 is 9.53 Å². The molecule has 1 saturated carbocycles. The molecule has 1 aromatic carbocycles. The molecular formula is C20H31N3O2. The van der Waals surface area contributed by atoms with E-state index in [1.54, 1.807) is 0 Å². The fraction of sp³-hybridized carbons (Fsp3) is 0.650.